The number of rotatable bonds is 7. The number of aromatic nitrogens is 1. The number of aliphatic hydroxyl groups excluding tert-OH is 1. The normalized spacial score (nSPS) is 25.6. The fourth-order valence-electron chi connectivity index (χ4n) is 6.02. The van der Waals surface area contributed by atoms with Gasteiger partial charge in [-0.2, -0.15) is 0 Å². The van der Waals surface area contributed by atoms with E-state index in [0.717, 1.165) is 4.90 Å². The number of nitrogens with zero attached hydrogens (tertiary/aromatic N) is 2. The van der Waals surface area contributed by atoms with Gasteiger partial charge in [-0.3, -0.25) is 33.6 Å². The summed E-state index contributed by atoms with van der Waals surface area (Å²) in [4.78, 5) is 94.3. The minimum Gasteiger partial charge on any atom is -0.394 e. The number of nitrogens with one attached hydrogen (secondary N) is 5. The van der Waals surface area contributed by atoms with E-state index in [9.17, 15) is 38.7 Å². The van der Waals surface area contributed by atoms with Gasteiger partial charge in [0.25, 0.3) is 11.5 Å². The molecule has 264 valence electrons. The minimum atomic E-state index is -1.48. The number of hydrogen-bond donors (Lipinski definition) is 6. The zero-order valence-electron chi connectivity index (χ0n) is 28.1. The van der Waals surface area contributed by atoms with E-state index in [0.29, 0.717) is 12.1 Å². The number of carbonyl (C=O) groups excluding carboxylic acids is 6. The van der Waals surface area contributed by atoms with Crippen LogP contribution in [0.3, 0.4) is 0 Å². The van der Waals surface area contributed by atoms with Gasteiger partial charge in [0.15, 0.2) is 0 Å². The lowest BCUT2D eigenvalue weighted by Crippen LogP contribution is -2.59. The average Bonchev–Trinajstić information content (AvgIpc) is 3.49. The van der Waals surface area contributed by atoms with E-state index in [1.165, 1.54) is 29.8 Å². The number of aliphatic hydroxyl groups is 1. The lowest BCUT2D eigenvalue weighted by Gasteiger charge is -2.30. The topological polar surface area (TPSA) is 208 Å². The molecule has 2 aliphatic rings. The van der Waals surface area contributed by atoms with Gasteiger partial charge in [0.05, 0.1) is 19.1 Å². The molecule has 1 aromatic heterocycles. The van der Waals surface area contributed by atoms with E-state index in [1.807, 2.05) is 13.8 Å². The summed E-state index contributed by atoms with van der Waals surface area (Å²) in [6.07, 6.45) is 1.45. The summed E-state index contributed by atoms with van der Waals surface area (Å²) in [6.45, 7) is 6.43. The van der Waals surface area contributed by atoms with Crippen molar-refractivity contribution in [1.82, 2.24) is 36.1 Å². The predicted octanol–water partition coefficient (Wildman–Crippen LogP) is -0.659. The molecule has 2 fully saturated rings. The van der Waals surface area contributed by atoms with Crippen molar-refractivity contribution in [1.29, 1.82) is 0 Å². The molecule has 15 nitrogen and oxygen atoms in total. The summed E-state index contributed by atoms with van der Waals surface area (Å²) in [5.41, 5.74) is 0.367. The molecule has 0 aliphatic carbocycles. The van der Waals surface area contributed by atoms with Crippen molar-refractivity contribution in [3.05, 3.63) is 70.1 Å². The molecular formula is C34H45N7O8. The number of aryl methyl sites for hydroxylation is 1. The number of hydrogen-bond acceptors (Lipinski definition) is 8. The second-order valence-electron chi connectivity index (χ2n) is 12.9. The van der Waals surface area contributed by atoms with E-state index < -0.39 is 78.3 Å². The molecule has 3 heterocycles. The molecule has 0 radical (unpaired) electrons. The van der Waals surface area contributed by atoms with Crippen molar-refractivity contribution in [2.24, 2.45) is 5.92 Å². The summed E-state index contributed by atoms with van der Waals surface area (Å²) in [6, 6.07) is 5.11. The Morgan fingerprint density at radius 2 is 1.65 bits per heavy atom. The second-order valence-corrected chi connectivity index (χ2v) is 12.9. The molecule has 2 saturated heterocycles. The molecule has 2 aliphatic heterocycles. The Morgan fingerprint density at radius 1 is 0.939 bits per heavy atom. The van der Waals surface area contributed by atoms with Gasteiger partial charge in [0.2, 0.25) is 29.5 Å². The number of amides is 6. The van der Waals surface area contributed by atoms with Crippen LogP contribution in [-0.2, 0) is 30.5 Å². The minimum absolute atomic E-state index is 0.0408. The molecule has 0 unspecified atom stereocenters. The van der Waals surface area contributed by atoms with Gasteiger partial charge in [0.1, 0.15) is 24.2 Å². The average molecular weight is 680 g/mol. The zero-order chi connectivity index (χ0) is 35.8. The molecule has 49 heavy (non-hydrogen) atoms. The van der Waals surface area contributed by atoms with Gasteiger partial charge >= 0.3 is 0 Å². The highest BCUT2D eigenvalue weighted by molar-refractivity contribution is 5.97. The van der Waals surface area contributed by atoms with Gasteiger partial charge in [-0.05, 0) is 44.2 Å². The Labute approximate surface area is 284 Å². The maximum atomic E-state index is 13.8. The first-order valence-corrected chi connectivity index (χ1v) is 16.5. The first kappa shape index (κ1) is 36.8. The molecule has 0 saturated carbocycles. The van der Waals surface area contributed by atoms with Gasteiger partial charge < -0.3 is 41.2 Å². The molecule has 1 aromatic carbocycles. The standard InChI is InChI=1S/C34H45N7O8/c1-5-40-12-11-22(14-29(40)44)31(46)36-23-15-27-33(48)35-20(4)30(45)38-24(21-9-7-6-8-10-21)16-28(43)37-25(13-19(2)3)32(47)39-26(18-42)34(49)41(27)17-23/h6-12,14,19-20,23-27,42H,5,13,15-18H2,1-4H3,(H,35,48)(H,36,46)(H,37,43)(H,38,45)(H,39,47)/t20-,23-,24-,25-,26-,27-/m0/s1. The van der Waals surface area contributed by atoms with Crippen molar-refractivity contribution >= 4 is 35.4 Å². The molecular weight excluding hydrogens is 634 g/mol. The molecule has 15 heteroatoms. The SMILES string of the molecule is CCn1ccc(C(=O)N[C@H]2C[C@H]3C(=O)N[C@@H](C)C(=O)N[C@H](c4ccccc4)CC(=O)N[C@@H](CC(C)C)C(=O)N[C@@H](CO)C(=O)N3C2)cc1=O. The molecule has 0 spiro atoms. The molecule has 4 rings (SSSR count). The Morgan fingerprint density at radius 3 is 2.29 bits per heavy atom. The Kier molecular flexibility index (Phi) is 12.3. The maximum Gasteiger partial charge on any atom is 0.251 e. The summed E-state index contributed by atoms with van der Waals surface area (Å²) in [7, 11) is 0. The number of benzene rings is 1. The summed E-state index contributed by atoms with van der Waals surface area (Å²) < 4.78 is 1.42. The van der Waals surface area contributed by atoms with E-state index in [1.54, 1.807) is 37.3 Å². The monoisotopic (exact) mass is 679 g/mol. The Balaban J connectivity index is 1.65. The van der Waals surface area contributed by atoms with Crippen molar-refractivity contribution in [3.63, 3.8) is 0 Å². The maximum absolute atomic E-state index is 13.8. The third kappa shape index (κ3) is 9.31. The van der Waals surface area contributed by atoms with Crippen LogP contribution in [0.4, 0.5) is 0 Å². The van der Waals surface area contributed by atoms with Gasteiger partial charge in [-0.15, -0.1) is 0 Å². The van der Waals surface area contributed by atoms with E-state index in [4.69, 9.17) is 0 Å². The number of pyridine rings is 1. The Hall–Kier alpha value is -5.05. The van der Waals surface area contributed by atoms with E-state index >= 15 is 0 Å². The van der Waals surface area contributed by atoms with Crippen LogP contribution in [0.2, 0.25) is 0 Å². The van der Waals surface area contributed by atoms with Crippen LogP contribution < -0.4 is 32.1 Å². The smallest absolute Gasteiger partial charge is 0.251 e. The van der Waals surface area contributed by atoms with Crippen molar-refractivity contribution in [2.75, 3.05) is 13.2 Å². The first-order valence-electron chi connectivity index (χ1n) is 16.5. The molecule has 6 amide bonds. The highest BCUT2D eigenvalue weighted by Crippen LogP contribution is 2.22. The van der Waals surface area contributed by atoms with Crippen LogP contribution in [0, 0.1) is 5.92 Å². The predicted molar refractivity (Wildman–Crippen MR) is 178 cm³/mol. The highest BCUT2D eigenvalue weighted by Gasteiger charge is 2.43. The van der Waals surface area contributed by atoms with Crippen LogP contribution in [0.5, 0.6) is 0 Å². The molecule has 6 atom stereocenters. The van der Waals surface area contributed by atoms with E-state index in [-0.39, 0.29) is 42.8 Å². The van der Waals surface area contributed by atoms with E-state index in [2.05, 4.69) is 26.6 Å². The quantitative estimate of drug-likeness (QED) is 0.221. The van der Waals surface area contributed by atoms with Crippen LogP contribution in [-0.4, -0.2) is 93.4 Å². The fourth-order valence-corrected chi connectivity index (χ4v) is 6.02. The summed E-state index contributed by atoms with van der Waals surface area (Å²) in [5, 5.41) is 23.7. The van der Waals surface area contributed by atoms with Crippen LogP contribution in [0.15, 0.2) is 53.5 Å². The number of fused-ring (bicyclic) bond motifs is 1. The fraction of sp³-hybridized carbons (Fsp3) is 0.500. The number of carbonyl (C=O) groups is 6. The van der Waals surface area contributed by atoms with Crippen molar-refractivity contribution in [3.8, 4) is 0 Å². The second kappa shape index (κ2) is 16.4. The third-order valence-electron chi connectivity index (χ3n) is 8.64. The van der Waals surface area contributed by atoms with Crippen molar-refractivity contribution < 1.29 is 33.9 Å². The lowest BCUT2D eigenvalue weighted by molar-refractivity contribution is -0.143. The Bertz CT molecular complexity index is 1610. The lowest BCUT2D eigenvalue weighted by atomic mass is 10.00. The largest absolute Gasteiger partial charge is 0.394 e. The van der Waals surface area contributed by atoms with Crippen LogP contribution >= 0.6 is 0 Å². The van der Waals surface area contributed by atoms with Crippen molar-refractivity contribution in [2.45, 2.75) is 89.8 Å². The third-order valence-corrected chi connectivity index (χ3v) is 8.64. The van der Waals surface area contributed by atoms with Gasteiger partial charge in [-0.25, -0.2) is 0 Å². The molecule has 2 aromatic rings. The van der Waals surface area contributed by atoms with Crippen LogP contribution in [0.25, 0.3) is 0 Å². The first-order chi connectivity index (χ1) is 23.3. The zero-order valence-corrected chi connectivity index (χ0v) is 28.1. The van der Waals surface area contributed by atoms with Gasteiger partial charge in [0, 0.05) is 37.0 Å². The molecule has 6 N–H and O–H groups in total. The highest BCUT2D eigenvalue weighted by atomic mass is 16.3. The molecule has 0 bridgehead atoms. The summed E-state index contributed by atoms with van der Waals surface area (Å²) >= 11 is 0. The van der Waals surface area contributed by atoms with Gasteiger partial charge in [-0.1, -0.05) is 44.2 Å². The van der Waals surface area contributed by atoms with Crippen LogP contribution in [0.1, 0.15) is 68.9 Å². The summed E-state index contributed by atoms with van der Waals surface area (Å²) in [5.74, 6) is -3.94.